The first-order chi connectivity index (χ1) is 20.6. The summed E-state index contributed by atoms with van der Waals surface area (Å²) >= 11 is 0. The van der Waals surface area contributed by atoms with E-state index in [1.54, 1.807) is 0 Å². The normalized spacial score (nSPS) is 14.7. The maximum atomic E-state index is 13.4. The van der Waals surface area contributed by atoms with E-state index in [2.05, 4.69) is 15.6 Å². The number of methoxy groups -OCH3 is 1. The molecule has 1 unspecified atom stereocenters. The molecular weight excluding hydrogens is 530 g/mol. The molecule has 0 saturated heterocycles. The van der Waals surface area contributed by atoms with Crippen LogP contribution < -0.4 is 15.4 Å². The predicted molar refractivity (Wildman–Crippen MR) is 163 cm³/mol. The summed E-state index contributed by atoms with van der Waals surface area (Å²) in [5.74, 6) is 1.21. The van der Waals surface area contributed by atoms with Crippen molar-refractivity contribution < 1.29 is 23.5 Å². The van der Waals surface area contributed by atoms with Gasteiger partial charge in [-0.05, 0) is 54.8 Å². The van der Waals surface area contributed by atoms with Crippen molar-refractivity contribution in [2.45, 2.75) is 57.5 Å². The van der Waals surface area contributed by atoms with Gasteiger partial charge in [0.25, 0.3) is 0 Å². The van der Waals surface area contributed by atoms with Crippen molar-refractivity contribution in [1.82, 2.24) is 10.3 Å². The molecule has 1 aliphatic rings. The molecule has 1 aromatic heterocycles. The molecule has 42 heavy (non-hydrogen) atoms. The highest BCUT2D eigenvalue weighted by Gasteiger charge is 2.26. The number of hydrogen-bond donors (Lipinski definition) is 2. The number of Topliss-reactive ketones (excluding diaryl/α,β-unsaturated/α-hetero) is 1. The van der Waals surface area contributed by atoms with Crippen molar-refractivity contribution in [3.8, 4) is 5.75 Å². The van der Waals surface area contributed by atoms with Crippen molar-refractivity contribution in [3.05, 3.63) is 89.8 Å². The van der Waals surface area contributed by atoms with Crippen LogP contribution in [0.5, 0.6) is 5.75 Å². The quantitative estimate of drug-likeness (QED) is 0.0832. The molecule has 0 bridgehead atoms. The predicted octanol–water partition coefficient (Wildman–Crippen LogP) is 6.35. The number of nitrogens with zero attached hydrogens (tertiary/aromatic N) is 1. The third-order valence-corrected chi connectivity index (χ3v) is 7.76. The van der Waals surface area contributed by atoms with Crippen LogP contribution in [-0.4, -0.2) is 43.0 Å². The van der Waals surface area contributed by atoms with E-state index in [0.29, 0.717) is 43.3 Å². The molecule has 1 aliphatic carbocycles. The van der Waals surface area contributed by atoms with Crippen molar-refractivity contribution >= 4 is 28.5 Å². The van der Waals surface area contributed by atoms with Crippen LogP contribution in [0.1, 0.15) is 60.3 Å². The Morgan fingerprint density at radius 2 is 1.69 bits per heavy atom. The maximum absolute atomic E-state index is 13.4. The molecule has 0 amide bonds. The first-order valence-corrected chi connectivity index (χ1v) is 14.8. The number of benzene rings is 3. The second-order valence-corrected chi connectivity index (χ2v) is 10.8. The van der Waals surface area contributed by atoms with Crippen molar-refractivity contribution in [1.29, 1.82) is 0 Å². The van der Waals surface area contributed by atoms with E-state index in [-0.39, 0.29) is 17.7 Å². The number of esters is 1. The summed E-state index contributed by atoms with van der Waals surface area (Å²) in [6.45, 7) is 1.64. The van der Waals surface area contributed by atoms with Crippen LogP contribution in [0.3, 0.4) is 0 Å². The number of aromatic nitrogens is 1. The van der Waals surface area contributed by atoms with Crippen LogP contribution in [0.4, 0.5) is 5.69 Å². The molecule has 0 spiro atoms. The smallest absolute Gasteiger partial charge is 0.328 e. The average Bonchev–Trinajstić information content (AvgIpc) is 3.24. The Balaban J connectivity index is 1.14. The lowest BCUT2D eigenvalue weighted by atomic mass is 9.90. The van der Waals surface area contributed by atoms with Crippen LogP contribution in [0.2, 0.25) is 0 Å². The Morgan fingerprint density at radius 3 is 2.45 bits per heavy atom. The standard InChI is InChI=1S/C34H39N3O5/c1-40-34(39)30(36-28-13-7-6-12-27(28)33(38)25-10-4-2-3-5-11-25)22-24-16-18-26(19-17-24)41-21-20-35-23-32-37-29-14-8-9-15-31(29)42-32/h6-9,12-19,25,30,35-36H,2-5,10-11,20-23H2,1H3. The zero-order chi connectivity index (χ0) is 29.1. The number of anilines is 1. The average molecular weight is 570 g/mol. The molecule has 1 fully saturated rings. The van der Waals surface area contributed by atoms with Gasteiger partial charge in [-0.25, -0.2) is 9.78 Å². The number of carbonyl (C=O) groups excluding carboxylic acids is 2. The van der Waals surface area contributed by atoms with Gasteiger partial charge in [-0.15, -0.1) is 0 Å². The topological polar surface area (TPSA) is 103 Å². The fourth-order valence-corrected chi connectivity index (χ4v) is 5.50. The molecule has 5 rings (SSSR count). The molecule has 2 N–H and O–H groups in total. The lowest BCUT2D eigenvalue weighted by molar-refractivity contribution is -0.141. The van der Waals surface area contributed by atoms with Gasteiger partial charge in [-0.3, -0.25) is 4.79 Å². The van der Waals surface area contributed by atoms with Crippen LogP contribution in [-0.2, 0) is 22.5 Å². The van der Waals surface area contributed by atoms with Gasteiger partial charge in [0.2, 0.25) is 5.89 Å². The first-order valence-electron chi connectivity index (χ1n) is 14.8. The number of oxazole rings is 1. The summed E-state index contributed by atoms with van der Waals surface area (Å²) in [6, 6.07) is 22.2. The van der Waals surface area contributed by atoms with Crippen LogP contribution in [0, 0.1) is 5.92 Å². The fraction of sp³-hybridized carbons (Fsp3) is 0.382. The molecule has 4 aromatic rings. The Labute approximate surface area is 246 Å². The fourth-order valence-electron chi connectivity index (χ4n) is 5.50. The van der Waals surface area contributed by atoms with Gasteiger partial charge in [0.05, 0.1) is 13.7 Å². The van der Waals surface area contributed by atoms with E-state index in [1.165, 1.54) is 20.0 Å². The maximum Gasteiger partial charge on any atom is 0.328 e. The molecule has 8 nitrogen and oxygen atoms in total. The second-order valence-electron chi connectivity index (χ2n) is 10.8. The van der Waals surface area contributed by atoms with Crippen LogP contribution in [0.15, 0.2) is 77.2 Å². The zero-order valence-corrected chi connectivity index (χ0v) is 24.1. The minimum absolute atomic E-state index is 0.0386. The van der Waals surface area contributed by atoms with Gasteiger partial charge in [0.15, 0.2) is 11.4 Å². The third kappa shape index (κ3) is 7.76. The lowest BCUT2D eigenvalue weighted by Crippen LogP contribution is -2.33. The number of nitrogens with one attached hydrogen (secondary N) is 2. The SMILES string of the molecule is COC(=O)C(Cc1ccc(OCCNCc2nc3ccccc3o2)cc1)Nc1ccccc1C(=O)C1CCCCCC1. The number of carbonyl (C=O) groups is 2. The Kier molecular flexibility index (Phi) is 10.2. The second kappa shape index (κ2) is 14.6. The number of fused-ring (bicyclic) bond motifs is 1. The molecule has 220 valence electrons. The summed E-state index contributed by atoms with van der Waals surface area (Å²) in [7, 11) is 1.38. The molecule has 3 aromatic carbocycles. The van der Waals surface area contributed by atoms with Gasteiger partial charge in [0, 0.05) is 30.1 Å². The van der Waals surface area contributed by atoms with Gasteiger partial charge in [-0.2, -0.15) is 0 Å². The number of ketones is 1. The highest BCUT2D eigenvalue weighted by atomic mass is 16.5. The number of hydrogen-bond acceptors (Lipinski definition) is 8. The summed E-state index contributed by atoms with van der Waals surface area (Å²) in [4.78, 5) is 30.7. The molecule has 1 atom stereocenters. The Morgan fingerprint density at radius 1 is 0.952 bits per heavy atom. The highest BCUT2D eigenvalue weighted by Crippen LogP contribution is 2.29. The summed E-state index contributed by atoms with van der Waals surface area (Å²) in [6.07, 6.45) is 6.82. The zero-order valence-electron chi connectivity index (χ0n) is 24.1. The van der Waals surface area contributed by atoms with Gasteiger partial charge in [-0.1, -0.05) is 62.1 Å². The van der Waals surface area contributed by atoms with Gasteiger partial charge in [0.1, 0.15) is 23.9 Å². The van der Waals surface area contributed by atoms with Crippen molar-refractivity contribution in [2.75, 3.05) is 25.6 Å². The number of ether oxygens (including phenoxy) is 2. The summed E-state index contributed by atoms with van der Waals surface area (Å²) in [5, 5.41) is 6.60. The van der Waals surface area contributed by atoms with Crippen molar-refractivity contribution in [2.24, 2.45) is 5.92 Å². The van der Waals surface area contributed by atoms with E-state index in [0.717, 1.165) is 48.1 Å². The number of rotatable bonds is 13. The minimum atomic E-state index is -0.638. The molecular formula is C34H39N3O5. The molecule has 0 aliphatic heterocycles. The van der Waals surface area contributed by atoms with Crippen LogP contribution in [0.25, 0.3) is 11.1 Å². The third-order valence-electron chi connectivity index (χ3n) is 7.76. The number of para-hydroxylation sites is 3. The largest absolute Gasteiger partial charge is 0.492 e. The minimum Gasteiger partial charge on any atom is -0.492 e. The Bertz CT molecular complexity index is 1420. The van der Waals surface area contributed by atoms with E-state index in [9.17, 15) is 9.59 Å². The van der Waals surface area contributed by atoms with Gasteiger partial charge >= 0.3 is 5.97 Å². The van der Waals surface area contributed by atoms with E-state index >= 15 is 0 Å². The van der Waals surface area contributed by atoms with Crippen molar-refractivity contribution in [3.63, 3.8) is 0 Å². The summed E-state index contributed by atoms with van der Waals surface area (Å²) < 4.78 is 16.7. The molecule has 1 saturated carbocycles. The van der Waals surface area contributed by atoms with Crippen LogP contribution >= 0.6 is 0 Å². The molecule has 1 heterocycles. The van der Waals surface area contributed by atoms with E-state index < -0.39 is 6.04 Å². The summed E-state index contributed by atoms with van der Waals surface area (Å²) in [5.41, 5.74) is 3.90. The van der Waals surface area contributed by atoms with E-state index in [1.807, 2.05) is 72.8 Å². The first kappa shape index (κ1) is 29.3. The van der Waals surface area contributed by atoms with Gasteiger partial charge < -0.3 is 24.5 Å². The highest BCUT2D eigenvalue weighted by molar-refractivity contribution is 6.03. The van der Waals surface area contributed by atoms with E-state index in [4.69, 9.17) is 13.9 Å². The molecule has 8 heteroatoms. The monoisotopic (exact) mass is 569 g/mol. The molecule has 0 radical (unpaired) electrons. The Hall–Kier alpha value is -4.17. The lowest BCUT2D eigenvalue weighted by Gasteiger charge is -2.21.